The number of nitrogens with one attached hydrogen (secondary N) is 2. The van der Waals surface area contributed by atoms with E-state index in [4.69, 9.17) is 5.73 Å². The molecular formula is C15H19N5O2. The lowest BCUT2D eigenvalue weighted by Gasteiger charge is -2.11. The van der Waals surface area contributed by atoms with Gasteiger partial charge >= 0.3 is 5.69 Å². The number of anilines is 4. The highest BCUT2D eigenvalue weighted by Gasteiger charge is 2.16. The summed E-state index contributed by atoms with van der Waals surface area (Å²) in [4.78, 5) is 15.0. The van der Waals surface area contributed by atoms with Crippen LogP contribution in [0.5, 0.6) is 0 Å². The Hall–Kier alpha value is -2.83. The first kappa shape index (κ1) is 15.6. The second-order valence-electron chi connectivity index (χ2n) is 5.34. The summed E-state index contributed by atoms with van der Waals surface area (Å²) in [6, 6.07) is 9.97. The van der Waals surface area contributed by atoms with Crippen LogP contribution in [0.4, 0.5) is 28.7 Å². The molecule has 0 spiro atoms. The summed E-state index contributed by atoms with van der Waals surface area (Å²) in [6.07, 6.45) is 0. The second-order valence-corrected chi connectivity index (χ2v) is 5.34. The predicted molar refractivity (Wildman–Crippen MR) is 88.4 cm³/mol. The van der Waals surface area contributed by atoms with Crippen molar-refractivity contribution in [2.75, 3.05) is 22.9 Å². The molecular weight excluding hydrogens is 282 g/mol. The van der Waals surface area contributed by atoms with Crippen molar-refractivity contribution in [2.45, 2.75) is 13.8 Å². The van der Waals surface area contributed by atoms with E-state index < -0.39 is 4.92 Å². The molecule has 1 aromatic carbocycles. The van der Waals surface area contributed by atoms with Crippen LogP contribution in [-0.2, 0) is 0 Å². The molecule has 7 heteroatoms. The smallest absolute Gasteiger partial charge is 0.311 e. The van der Waals surface area contributed by atoms with Gasteiger partial charge < -0.3 is 16.4 Å². The van der Waals surface area contributed by atoms with Gasteiger partial charge in [-0.2, -0.15) is 0 Å². The number of nitrogen functional groups attached to an aromatic ring is 1. The Morgan fingerprint density at radius 1 is 1.23 bits per heavy atom. The lowest BCUT2D eigenvalue weighted by atomic mass is 10.2. The summed E-state index contributed by atoms with van der Waals surface area (Å²) in [6.45, 7) is 4.89. The van der Waals surface area contributed by atoms with Crippen molar-refractivity contribution in [3.63, 3.8) is 0 Å². The van der Waals surface area contributed by atoms with Gasteiger partial charge in [-0.15, -0.1) is 0 Å². The minimum atomic E-state index is -0.459. The Bertz CT molecular complexity index is 655. The van der Waals surface area contributed by atoms with Gasteiger partial charge in [0.2, 0.25) is 5.82 Å². The maximum Gasteiger partial charge on any atom is 0.311 e. The first-order valence-electron chi connectivity index (χ1n) is 6.97. The van der Waals surface area contributed by atoms with Gasteiger partial charge in [0.15, 0.2) is 0 Å². The average Bonchev–Trinajstić information content (AvgIpc) is 2.47. The molecule has 0 amide bonds. The highest BCUT2D eigenvalue weighted by atomic mass is 16.6. The molecule has 0 aliphatic heterocycles. The first-order chi connectivity index (χ1) is 10.5. The Kier molecular flexibility index (Phi) is 4.77. The molecule has 0 unspecified atom stereocenters. The van der Waals surface area contributed by atoms with E-state index in [1.54, 1.807) is 30.3 Å². The molecule has 0 aliphatic rings. The normalized spacial score (nSPS) is 10.5. The largest absolute Gasteiger partial charge is 0.399 e. The molecule has 116 valence electrons. The van der Waals surface area contributed by atoms with Gasteiger partial charge in [-0.05, 0) is 36.2 Å². The minimum Gasteiger partial charge on any atom is -0.399 e. The monoisotopic (exact) mass is 301 g/mol. The van der Waals surface area contributed by atoms with Gasteiger partial charge in [0.1, 0.15) is 5.82 Å². The zero-order valence-electron chi connectivity index (χ0n) is 12.5. The van der Waals surface area contributed by atoms with Gasteiger partial charge in [-0.25, -0.2) is 4.98 Å². The van der Waals surface area contributed by atoms with E-state index in [1.165, 1.54) is 6.07 Å². The van der Waals surface area contributed by atoms with E-state index >= 15 is 0 Å². The number of nitrogens with zero attached hydrogens (tertiary/aromatic N) is 2. The molecule has 0 saturated carbocycles. The van der Waals surface area contributed by atoms with E-state index in [1.807, 2.05) is 0 Å². The van der Waals surface area contributed by atoms with E-state index in [9.17, 15) is 10.1 Å². The van der Waals surface area contributed by atoms with Crippen LogP contribution in [0, 0.1) is 16.0 Å². The van der Waals surface area contributed by atoms with E-state index in [0.717, 1.165) is 6.54 Å². The highest BCUT2D eigenvalue weighted by Crippen LogP contribution is 2.27. The molecule has 1 heterocycles. The summed E-state index contributed by atoms with van der Waals surface area (Å²) >= 11 is 0. The van der Waals surface area contributed by atoms with Gasteiger partial charge in [0, 0.05) is 24.0 Å². The SMILES string of the molecule is CC(C)CNc1ccc([N+](=O)[O-])c(Nc2ccc(N)cc2)n1. The van der Waals surface area contributed by atoms with Crippen molar-refractivity contribution < 1.29 is 4.92 Å². The molecule has 22 heavy (non-hydrogen) atoms. The number of aromatic nitrogens is 1. The molecule has 0 radical (unpaired) electrons. The number of rotatable bonds is 6. The van der Waals surface area contributed by atoms with E-state index in [2.05, 4.69) is 29.5 Å². The van der Waals surface area contributed by atoms with Gasteiger partial charge in [-0.3, -0.25) is 10.1 Å². The average molecular weight is 301 g/mol. The third-order valence-electron chi connectivity index (χ3n) is 2.94. The zero-order chi connectivity index (χ0) is 16.1. The fourth-order valence-electron chi connectivity index (χ4n) is 1.80. The first-order valence-corrected chi connectivity index (χ1v) is 6.97. The van der Waals surface area contributed by atoms with Crippen LogP contribution in [0.15, 0.2) is 36.4 Å². The Morgan fingerprint density at radius 2 is 1.91 bits per heavy atom. The fourth-order valence-corrected chi connectivity index (χ4v) is 1.80. The summed E-state index contributed by atoms with van der Waals surface area (Å²) < 4.78 is 0. The Morgan fingerprint density at radius 3 is 2.50 bits per heavy atom. The van der Waals surface area contributed by atoms with E-state index in [0.29, 0.717) is 23.1 Å². The van der Waals surface area contributed by atoms with Crippen LogP contribution < -0.4 is 16.4 Å². The van der Waals surface area contributed by atoms with Crippen molar-refractivity contribution >= 4 is 28.7 Å². The molecule has 0 bridgehead atoms. The van der Waals surface area contributed by atoms with Crippen molar-refractivity contribution in [2.24, 2.45) is 5.92 Å². The standard InChI is InChI=1S/C15H19N5O2/c1-10(2)9-17-14-8-7-13(20(21)22)15(19-14)18-12-5-3-11(16)4-6-12/h3-8,10H,9,16H2,1-2H3,(H2,17,18,19). The number of hydrogen-bond acceptors (Lipinski definition) is 6. The number of pyridine rings is 1. The van der Waals surface area contributed by atoms with Crippen LogP contribution in [-0.4, -0.2) is 16.5 Å². The number of benzene rings is 1. The predicted octanol–water partition coefficient (Wildman–Crippen LogP) is 3.38. The van der Waals surface area contributed by atoms with Crippen LogP contribution in [0.25, 0.3) is 0 Å². The van der Waals surface area contributed by atoms with Gasteiger partial charge in [0.25, 0.3) is 0 Å². The molecule has 0 aliphatic carbocycles. The Labute approximate surface area is 128 Å². The maximum absolute atomic E-state index is 11.1. The van der Waals surface area contributed by atoms with Crippen LogP contribution in [0.1, 0.15) is 13.8 Å². The third kappa shape index (κ3) is 4.08. The zero-order valence-corrected chi connectivity index (χ0v) is 12.5. The number of nitrogens with two attached hydrogens (primary N) is 1. The summed E-state index contributed by atoms with van der Waals surface area (Å²) in [5.41, 5.74) is 6.86. The topological polar surface area (TPSA) is 106 Å². The van der Waals surface area contributed by atoms with Crippen LogP contribution in [0.3, 0.4) is 0 Å². The third-order valence-corrected chi connectivity index (χ3v) is 2.94. The van der Waals surface area contributed by atoms with Crippen molar-refractivity contribution in [1.29, 1.82) is 0 Å². The maximum atomic E-state index is 11.1. The number of hydrogen-bond donors (Lipinski definition) is 3. The van der Waals surface area contributed by atoms with Crippen LogP contribution in [0.2, 0.25) is 0 Å². The lowest BCUT2D eigenvalue weighted by Crippen LogP contribution is -2.10. The lowest BCUT2D eigenvalue weighted by molar-refractivity contribution is -0.384. The molecule has 7 nitrogen and oxygen atoms in total. The van der Waals surface area contributed by atoms with Crippen molar-refractivity contribution in [3.8, 4) is 0 Å². The van der Waals surface area contributed by atoms with Gasteiger partial charge in [0.05, 0.1) is 4.92 Å². The summed E-state index contributed by atoms with van der Waals surface area (Å²) in [5.74, 6) is 1.24. The highest BCUT2D eigenvalue weighted by molar-refractivity contribution is 5.68. The fraction of sp³-hybridized carbons (Fsp3) is 0.267. The van der Waals surface area contributed by atoms with Crippen LogP contribution >= 0.6 is 0 Å². The van der Waals surface area contributed by atoms with E-state index in [-0.39, 0.29) is 11.5 Å². The van der Waals surface area contributed by atoms with Crippen molar-refractivity contribution in [3.05, 3.63) is 46.5 Å². The molecule has 1 aromatic heterocycles. The minimum absolute atomic E-state index is 0.0769. The molecule has 0 fully saturated rings. The van der Waals surface area contributed by atoms with Gasteiger partial charge in [-0.1, -0.05) is 13.8 Å². The Balaban J connectivity index is 2.27. The molecule has 2 rings (SSSR count). The van der Waals surface area contributed by atoms with Crippen molar-refractivity contribution in [1.82, 2.24) is 4.98 Å². The summed E-state index contributed by atoms with van der Waals surface area (Å²) in [5, 5.41) is 17.2. The molecule has 0 saturated heterocycles. The molecule has 0 atom stereocenters. The number of nitro groups is 1. The second kappa shape index (κ2) is 6.75. The molecule has 4 N–H and O–H groups in total. The quantitative estimate of drug-likeness (QED) is 0.429. The molecule has 2 aromatic rings. The summed E-state index contributed by atoms with van der Waals surface area (Å²) in [7, 11) is 0.